The van der Waals surface area contributed by atoms with E-state index in [0.717, 1.165) is 29.9 Å². The van der Waals surface area contributed by atoms with Crippen molar-refractivity contribution in [3.63, 3.8) is 0 Å². The number of hydrogen-bond acceptors (Lipinski definition) is 2. The fourth-order valence-electron chi connectivity index (χ4n) is 1.58. The van der Waals surface area contributed by atoms with Crippen LogP contribution in [0.4, 0.5) is 0 Å². The summed E-state index contributed by atoms with van der Waals surface area (Å²) in [6, 6.07) is 5.79. The number of ether oxygens (including phenoxy) is 2. The van der Waals surface area contributed by atoms with Crippen molar-refractivity contribution in [1.82, 2.24) is 0 Å². The second-order valence-corrected chi connectivity index (χ2v) is 3.91. The molecule has 1 aromatic carbocycles. The molecular formula is C13H19ClO2. The van der Waals surface area contributed by atoms with E-state index in [4.69, 9.17) is 21.1 Å². The summed E-state index contributed by atoms with van der Waals surface area (Å²) in [7, 11) is 1.65. The van der Waals surface area contributed by atoms with Gasteiger partial charge < -0.3 is 9.47 Å². The predicted molar refractivity (Wildman–Crippen MR) is 67.5 cm³/mol. The minimum Gasteiger partial charge on any atom is -0.493 e. The maximum Gasteiger partial charge on any atom is 0.165 e. The fourth-order valence-corrected chi connectivity index (χ4v) is 1.79. The number of halogens is 1. The average molecular weight is 243 g/mol. The maximum atomic E-state index is 5.95. The van der Waals surface area contributed by atoms with E-state index in [9.17, 15) is 0 Å². The van der Waals surface area contributed by atoms with Crippen LogP contribution < -0.4 is 9.47 Å². The number of hydrogen-bond donors (Lipinski definition) is 0. The zero-order valence-electron chi connectivity index (χ0n) is 10.1. The molecule has 0 aliphatic rings. The molecule has 0 saturated carbocycles. The highest BCUT2D eigenvalue weighted by Gasteiger charge is 2.13. The molecule has 0 amide bonds. The first-order valence-corrected chi connectivity index (χ1v) is 6.18. The van der Waals surface area contributed by atoms with Gasteiger partial charge in [-0.05, 0) is 18.9 Å². The van der Waals surface area contributed by atoms with Crippen molar-refractivity contribution in [3.8, 4) is 11.5 Å². The van der Waals surface area contributed by atoms with Gasteiger partial charge in [0.05, 0.1) is 19.1 Å². The Kier molecular flexibility index (Phi) is 5.47. The van der Waals surface area contributed by atoms with Gasteiger partial charge in [-0.1, -0.05) is 26.0 Å². The van der Waals surface area contributed by atoms with Gasteiger partial charge in [0.2, 0.25) is 0 Å². The van der Waals surface area contributed by atoms with E-state index < -0.39 is 0 Å². The summed E-state index contributed by atoms with van der Waals surface area (Å²) in [4.78, 5) is 0. The molecule has 90 valence electrons. The standard InChI is InChI=1S/C13H19ClO2/c1-4-11(5-2)16-13-10(9-14)7-6-8-12(13)15-3/h6-8,11H,4-5,9H2,1-3H3. The Morgan fingerprint density at radius 2 is 1.94 bits per heavy atom. The van der Waals surface area contributed by atoms with Crippen LogP contribution in [0.25, 0.3) is 0 Å². The van der Waals surface area contributed by atoms with Crippen LogP contribution in [0.15, 0.2) is 18.2 Å². The maximum absolute atomic E-state index is 5.95. The second-order valence-electron chi connectivity index (χ2n) is 3.64. The van der Waals surface area contributed by atoms with Crippen molar-refractivity contribution < 1.29 is 9.47 Å². The van der Waals surface area contributed by atoms with Crippen molar-refractivity contribution in [1.29, 1.82) is 0 Å². The van der Waals surface area contributed by atoms with Crippen molar-refractivity contribution >= 4 is 11.6 Å². The molecule has 0 N–H and O–H groups in total. The lowest BCUT2D eigenvalue weighted by molar-refractivity contribution is 0.183. The van der Waals surface area contributed by atoms with Gasteiger partial charge in [0.25, 0.3) is 0 Å². The van der Waals surface area contributed by atoms with Gasteiger partial charge in [-0.15, -0.1) is 11.6 Å². The number of para-hydroxylation sites is 1. The second kappa shape index (κ2) is 6.64. The highest BCUT2D eigenvalue weighted by atomic mass is 35.5. The number of methoxy groups -OCH3 is 1. The highest BCUT2D eigenvalue weighted by molar-refractivity contribution is 6.17. The van der Waals surface area contributed by atoms with Crippen LogP contribution in [0.5, 0.6) is 11.5 Å². The molecule has 0 unspecified atom stereocenters. The van der Waals surface area contributed by atoms with Gasteiger partial charge >= 0.3 is 0 Å². The average Bonchev–Trinajstić information content (AvgIpc) is 2.35. The summed E-state index contributed by atoms with van der Waals surface area (Å²) < 4.78 is 11.2. The summed E-state index contributed by atoms with van der Waals surface area (Å²) in [6.07, 6.45) is 2.19. The summed E-state index contributed by atoms with van der Waals surface area (Å²) in [5, 5.41) is 0. The molecular weight excluding hydrogens is 224 g/mol. The van der Waals surface area contributed by atoms with Gasteiger partial charge in [0.1, 0.15) is 0 Å². The SMILES string of the molecule is CCC(CC)Oc1c(CCl)cccc1OC. The molecule has 0 atom stereocenters. The molecule has 0 aromatic heterocycles. The Morgan fingerprint density at radius 3 is 2.44 bits per heavy atom. The highest BCUT2D eigenvalue weighted by Crippen LogP contribution is 2.33. The van der Waals surface area contributed by atoms with Crippen LogP contribution in [-0.2, 0) is 5.88 Å². The minimum absolute atomic E-state index is 0.221. The number of alkyl halides is 1. The van der Waals surface area contributed by atoms with Gasteiger partial charge in [0, 0.05) is 5.56 Å². The van der Waals surface area contributed by atoms with Gasteiger partial charge in [0.15, 0.2) is 11.5 Å². The van der Waals surface area contributed by atoms with Crippen molar-refractivity contribution in [3.05, 3.63) is 23.8 Å². The largest absolute Gasteiger partial charge is 0.493 e. The molecule has 0 spiro atoms. The monoisotopic (exact) mass is 242 g/mol. The third-order valence-electron chi connectivity index (χ3n) is 2.62. The molecule has 16 heavy (non-hydrogen) atoms. The van der Waals surface area contributed by atoms with Crippen LogP contribution in [-0.4, -0.2) is 13.2 Å². The molecule has 0 heterocycles. The van der Waals surface area contributed by atoms with Crippen LogP contribution in [0.1, 0.15) is 32.3 Å². The molecule has 0 saturated heterocycles. The summed E-state index contributed by atoms with van der Waals surface area (Å²) in [5.41, 5.74) is 0.980. The Morgan fingerprint density at radius 1 is 1.25 bits per heavy atom. The van der Waals surface area contributed by atoms with E-state index >= 15 is 0 Å². The Hall–Kier alpha value is -0.890. The molecule has 0 aliphatic carbocycles. The van der Waals surface area contributed by atoms with E-state index in [2.05, 4.69) is 13.8 Å². The molecule has 0 bridgehead atoms. The van der Waals surface area contributed by atoms with Crippen molar-refractivity contribution in [2.24, 2.45) is 0 Å². The van der Waals surface area contributed by atoms with E-state index in [1.54, 1.807) is 7.11 Å². The van der Waals surface area contributed by atoms with Crippen molar-refractivity contribution in [2.75, 3.05) is 7.11 Å². The Labute approximate surface area is 103 Å². The van der Waals surface area contributed by atoms with Crippen LogP contribution in [0, 0.1) is 0 Å². The van der Waals surface area contributed by atoms with Gasteiger partial charge in [-0.25, -0.2) is 0 Å². The van der Waals surface area contributed by atoms with E-state index in [1.165, 1.54) is 0 Å². The Bertz CT molecular complexity index is 299. The summed E-state index contributed by atoms with van der Waals surface area (Å²) in [6.45, 7) is 4.23. The number of benzene rings is 1. The van der Waals surface area contributed by atoms with Crippen LogP contribution in [0.2, 0.25) is 0 Å². The molecule has 0 radical (unpaired) electrons. The molecule has 1 aromatic rings. The zero-order chi connectivity index (χ0) is 12.0. The van der Waals surface area contributed by atoms with Gasteiger partial charge in [-0.2, -0.15) is 0 Å². The van der Waals surface area contributed by atoms with E-state index in [0.29, 0.717) is 5.88 Å². The minimum atomic E-state index is 0.221. The number of rotatable bonds is 6. The predicted octanol–water partition coefficient (Wildman–Crippen LogP) is 4.00. The quantitative estimate of drug-likeness (QED) is 0.702. The van der Waals surface area contributed by atoms with Crippen molar-refractivity contribution in [2.45, 2.75) is 38.7 Å². The molecule has 3 heteroatoms. The van der Waals surface area contributed by atoms with Crippen LogP contribution in [0.3, 0.4) is 0 Å². The van der Waals surface area contributed by atoms with E-state index in [-0.39, 0.29) is 6.10 Å². The van der Waals surface area contributed by atoms with Gasteiger partial charge in [-0.3, -0.25) is 0 Å². The lowest BCUT2D eigenvalue weighted by Gasteiger charge is -2.19. The first-order chi connectivity index (χ1) is 7.76. The lowest BCUT2D eigenvalue weighted by atomic mass is 10.2. The topological polar surface area (TPSA) is 18.5 Å². The molecule has 0 aliphatic heterocycles. The zero-order valence-corrected chi connectivity index (χ0v) is 10.9. The van der Waals surface area contributed by atoms with E-state index in [1.807, 2.05) is 18.2 Å². The Balaban J connectivity index is 2.98. The third kappa shape index (κ3) is 3.05. The molecule has 1 rings (SSSR count). The first kappa shape index (κ1) is 13.2. The molecule has 0 fully saturated rings. The molecule has 2 nitrogen and oxygen atoms in total. The lowest BCUT2D eigenvalue weighted by Crippen LogP contribution is -2.15. The summed E-state index contributed by atoms with van der Waals surface area (Å²) >= 11 is 5.90. The first-order valence-electron chi connectivity index (χ1n) is 5.65. The van der Waals surface area contributed by atoms with Crippen LogP contribution >= 0.6 is 11.6 Å². The smallest absolute Gasteiger partial charge is 0.165 e. The normalized spacial score (nSPS) is 10.6. The fraction of sp³-hybridized carbons (Fsp3) is 0.538. The summed E-state index contributed by atoms with van der Waals surface area (Å²) in [5.74, 6) is 1.98. The third-order valence-corrected chi connectivity index (χ3v) is 2.91.